The van der Waals surface area contributed by atoms with Crippen LogP contribution in [0.25, 0.3) is 0 Å². The van der Waals surface area contributed by atoms with Crippen molar-refractivity contribution in [1.82, 2.24) is 10.2 Å². The highest BCUT2D eigenvalue weighted by molar-refractivity contribution is 8.15. The Kier molecular flexibility index (Phi) is 9.83. The summed E-state index contributed by atoms with van der Waals surface area (Å²) in [5.74, 6) is 1.49. The molecule has 0 saturated heterocycles. The van der Waals surface area contributed by atoms with Gasteiger partial charge in [0.2, 0.25) is 5.91 Å². The minimum Gasteiger partial charge on any atom is -0.343 e. The molecule has 0 unspecified atom stereocenters. The Hall–Kier alpha value is -0.220. The van der Waals surface area contributed by atoms with Gasteiger partial charge in [-0.3, -0.25) is 15.7 Å². The molecule has 0 heterocycles. The number of amides is 1. The second-order valence-corrected chi connectivity index (χ2v) is 7.02. The third kappa shape index (κ3) is 9.04. The maximum Gasteiger partial charge on any atom is 0.219 e. The Labute approximate surface area is 103 Å². The van der Waals surface area contributed by atoms with E-state index in [1.54, 1.807) is 6.92 Å². The maximum absolute atomic E-state index is 11.3. The highest BCUT2D eigenvalue weighted by atomic mass is 32.2. The third-order valence-corrected chi connectivity index (χ3v) is 3.57. The van der Waals surface area contributed by atoms with E-state index >= 15 is 0 Å². The van der Waals surface area contributed by atoms with E-state index in [0.717, 1.165) is 39.0 Å². The molecule has 0 saturated carbocycles. The molecule has 0 aliphatic carbocycles. The van der Waals surface area contributed by atoms with Crippen molar-refractivity contribution in [2.45, 2.75) is 26.7 Å². The van der Waals surface area contributed by atoms with Crippen LogP contribution in [0.5, 0.6) is 0 Å². The van der Waals surface area contributed by atoms with Crippen molar-refractivity contribution >= 4 is 16.8 Å². The van der Waals surface area contributed by atoms with Gasteiger partial charge in [-0.25, -0.2) is 0 Å². The predicted octanol–water partition coefficient (Wildman–Crippen LogP) is 1.49. The number of nitrogens with one attached hydrogen (secondary N) is 1. The molecule has 1 N–H and O–H groups in total. The lowest BCUT2D eigenvalue weighted by atomic mass is 10.3. The molecular formula is C12H28N2OS. The van der Waals surface area contributed by atoms with Crippen LogP contribution in [0.3, 0.4) is 0 Å². The van der Waals surface area contributed by atoms with Crippen molar-refractivity contribution in [3.63, 3.8) is 0 Å². The second-order valence-electron chi connectivity index (χ2n) is 4.41. The average Bonchev–Trinajstić information content (AvgIpc) is 2.20. The van der Waals surface area contributed by atoms with Crippen LogP contribution in [-0.2, 0) is 4.79 Å². The van der Waals surface area contributed by atoms with E-state index in [0.29, 0.717) is 0 Å². The molecule has 0 aromatic carbocycles. The van der Waals surface area contributed by atoms with Gasteiger partial charge in [-0.2, -0.15) is 0 Å². The molecule has 0 bridgehead atoms. The number of carbonyl (C=O) groups is 1. The molecule has 0 aliphatic rings. The van der Waals surface area contributed by atoms with E-state index < -0.39 is 0 Å². The summed E-state index contributed by atoms with van der Waals surface area (Å²) in [7, 11) is 0.223. The smallest absolute Gasteiger partial charge is 0.219 e. The summed E-state index contributed by atoms with van der Waals surface area (Å²) >= 11 is 0. The van der Waals surface area contributed by atoms with Gasteiger partial charge in [-0.15, -0.1) is 0 Å². The van der Waals surface area contributed by atoms with Crippen molar-refractivity contribution in [3.05, 3.63) is 0 Å². The third-order valence-electron chi connectivity index (χ3n) is 2.46. The van der Waals surface area contributed by atoms with Crippen LogP contribution in [0.1, 0.15) is 26.7 Å². The first-order valence-corrected chi connectivity index (χ1v) is 8.61. The van der Waals surface area contributed by atoms with Crippen molar-refractivity contribution in [2.75, 3.05) is 44.4 Å². The summed E-state index contributed by atoms with van der Waals surface area (Å²) in [5.41, 5.74) is 0. The SMILES string of the molecule is CCCN(CCCNCC[SH](C)C)C(C)=O. The summed E-state index contributed by atoms with van der Waals surface area (Å²) < 4.78 is 0. The van der Waals surface area contributed by atoms with Gasteiger partial charge in [0, 0.05) is 26.6 Å². The Morgan fingerprint density at radius 3 is 2.44 bits per heavy atom. The van der Waals surface area contributed by atoms with E-state index in [2.05, 4.69) is 24.8 Å². The van der Waals surface area contributed by atoms with E-state index in [1.807, 2.05) is 4.90 Å². The molecule has 0 atom stereocenters. The number of carbonyl (C=O) groups excluding carboxylic acids is 1. The van der Waals surface area contributed by atoms with Gasteiger partial charge >= 0.3 is 0 Å². The lowest BCUT2D eigenvalue weighted by molar-refractivity contribution is -0.128. The summed E-state index contributed by atoms with van der Waals surface area (Å²) in [5, 5.41) is 3.43. The first kappa shape index (κ1) is 15.8. The minimum absolute atomic E-state index is 0.201. The average molecular weight is 248 g/mol. The number of hydrogen-bond acceptors (Lipinski definition) is 2. The minimum atomic E-state index is 0.201. The molecule has 0 fully saturated rings. The highest BCUT2D eigenvalue weighted by Gasteiger charge is 2.05. The maximum atomic E-state index is 11.3. The molecule has 0 aromatic rings. The zero-order chi connectivity index (χ0) is 12.4. The monoisotopic (exact) mass is 248 g/mol. The van der Waals surface area contributed by atoms with Gasteiger partial charge in [0.05, 0.1) is 0 Å². The summed E-state index contributed by atoms with van der Waals surface area (Å²) in [6, 6.07) is 0. The fraction of sp³-hybridized carbons (Fsp3) is 0.917. The molecule has 0 aliphatic heterocycles. The lowest BCUT2D eigenvalue weighted by Crippen LogP contribution is -2.32. The van der Waals surface area contributed by atoms with Gasteiger partial charge in [0.15, 0.2) is 0 Å². The highest BCUT2D eigenvalue weighted by Crippen LogP contribution is 2.10. The standard InChI is InChI=1S/C12H28N2OS/c1-5-9-14(12(2)15)10-6-7-13-8-11-16(3)4/h13,16H,5-11H2,1-4H3. The molecule has 0 radical (unpaired) electrons. The van der Waals surface area contributed by atoms with Crippen molar-refractivity contribution in [3.8, 4) is 0 Å². The number of rotatable bonds is 9. The second kappa shape index (κ2) is 9.97. The first-order chi connectivity index (χ1) is 7.57. The van der Waals surface area contributed by atoms with Crippen molar-refractivity contribution in [2.24, 2.45) is 0 Å². The zero-order valence-corrected chi connectivity index (χ0v) is 12.1. The van der Waals surface area contributed by atoms with Crippen LogP contribution in [0, 0.1) is 0 Å². The van der Waals surface area contributed by atoms with Crippen molar-refractivity contribution in [1.29, 1.82) is 0 Å². The fourth-order valence-corrected chi connectivity index (χ4v) is 2.12. The van der Waals surface area contributed by atoms with Crippen LogP contribution >= 0.6 is 10.9 Å². The lowest BCUT2D eigenvalue weighted by Gasteiger charge is -2.20. The van der Waals surface area contributed by atoms with Crippen LogP contribution in [0.4, 0.5) is 0 Å². The van der Waals surface area contributed by atoms with E-state index in [-0.39, 0.29) is 16.8 Å². The summed E-state index contributed by atoms with van der Waals surface area (Å²) in [6.07, 6.45) is 6.71. The Morgan fingerprint density at radius 1 is 1.25 bits per heavy atom. The van der Waals surface area contributed by atoms with Crippen LogP contribution in [-0.4, -0.2) is 55.3 Å². The van der Waals surface area contributed by atoms with Crippen molar-refractivity contribution < 1.29 is 4.79 Å². The Morgan fingerprint density at radius 2 is 1.94 bits per heavy atom. The molecule has 1 amide bonds. The topological polar surface area (TPSA) is 32.3 Å². The van der Waals surface area contributed by atoms with Crippen LogP contribution < -0.4 is 5.32 Å². The van der Waals surface area contributed by atoms with Gasteiger partial charge in [0.25, 0.3) is 0 Å². The molecule has 4 heteroatoms. The predicted molar refractivity (Wildman–Crippen MR) is 75.7 cm³/mol. The molecule has 16 heavy (non-hydrogen) atoms. The van der Waals surface area contributed by atoms with Gasteiger partial charge in [0.1, 0.15) is 0 Å². The normalized spacial score (nSPS) is 11.4. The molecule has 98 valence electrons. The Bertz CT molecular complexity index is 186. The first-order valence-electron chi connectivity index (χ1n) is 6.19. The molecule has 0 rings (SSSR count). The fourth-order valence-electron chi connectivity index (χ4n) is 1.52. The molecular weight excluding hydrogens is 220 g/mol. The largest absolute Gasteiger partial charge is 0.343 e. The molecule has 0 spiro atoms. The number of thiol groups is 1. The quantitative estimate of drug-likeness (QED) is 0.479. The molecule has 3 nitrogen and oxygen atoms in total. The Balaban J connectivity index is 3.44. The summed E-state index contributed by atoms with van der Waals surface area (Å²) in [4.78, 5) is 13.2. The zero-order valence-electron chi connectivity index (χ0n) is 11.3. The summed E-state index contributed by atoms with van der Waals surface area (Å²) in [6.45, 7) is 7.69. The van der Waals surface area contributed by atoms with Gasteiger partial charge < -0.3 is 10.2 Å². The number of nitrogens with zero attached hydrogens (tertiary/aromatic N) is 1. The molecule has 0 aromatic heterocycles. The van der Waals surface area contributed by atoms with Crippen LogP contribution in [0.15, 0.2) is 0 Å². The van der Waals surface area contributed by atoms with E-state index in [1.165, 1.54) is 5.75 Å². The van der Waals surface area contributed by atoms with Gasteiger partial charge in [-0.05, 0) is 37.7 Å². The van der Waals surface area contributed by atoms with Crippen LogP contribution in [0.2, 0.25) is 0 Å². The van der Waals surface area contributed by atoms with Gasteiger partial charge in [-0.1, -0.05) is 6.92 Å². The van der Waals surface area contributed by atoms with E-state index in [4.69, 9.17) is 0 Å². The van der Waals surface area contributed by atoms with E-state index in [9.17, 15) is 4.79 Å². The number of hydrogen-bond donors (Lipinski definition) is 2.